The number of hydrogen-bond donors (Lipinski definition) is 0. The maximum atomic E-state index is 13.0. The quantitative estimate of drug-likeness (QED) is 0.526. The molecule has 1 heterocycles. The van der Waals surface area contributed by atoms with Gasteiger partial charge < -0.3 is 14.5 Å². The molecule has 0 radical (unpaired) electrons. The van der Waals surface area contributed by atoms with E-state index in [0.717, 1.165) is 5.56 Å². The van der Waals surface area contributed by atoms with Crippen molar-refractivity contribution in [2.75, 3.05) is 51.3 Å². The third kappa shape index (κ3) is 5.69. The Morgan fingerprint density at radius 1 is 1.09 bits per heavy atom. The fraction of sp³-hybridized carbons (Fsp3) is 0.375. The van der Waals surface area contributed by atoms with Gasteiger partial charge in [0.1, 0.15) is 5.75 Å². The standard InChI is InChI=1S/C24H30ClN3O4S/c1-4-28(5-2)33(30,31)20-11-12-23(32-3)22(18-20)26-14-16-27(17-15-26)24(29)13-10-19-8-6-7-9-21(19)25/h6-13,18H,4-5,14-17H2,1-3H3/b13-10+. The molecular weight excluding hydrogens is 462 g/mol. The van der Waals surface area contributed by atoms with Crippen molar-refractivity contribution in [2.45, 2.75) is 18.7 Å². The molecule has 7 nitrogen and oxygen atoms in total. The zero-order chi connectivity index (χ0) is 24.0. The average Bonchev–Trinajstić information content (AvgIpc) is 2.83. The molecule has 0 N–H and O–H groups in total. The largest absolute Gasteiger partial charge is 0.495 e. The monoisotopic (exact) mass is 491 g/mol. The highest BCUT2D eigenvalue weighted by Gasteiger charge is 2.26. The highest BCUT2D eigenvalue weighted by Crippen LogP contribution is 2.32. The Morgan fingerprint density at radius 2 is 1.76 bits per heavy atom. The van der Waals surface area contributed by atoms with Crippen molar-refractivity contribution in [1.82, 2.24) is 9.21 Å². The van der Waals surface area contributed by atoms with E-state index < -0.39 is 10.0 Å². The molecule has 2 aromatic rings. The zero-order valence-corrected chi connectivity index (χ0v) is 20.8. The number of rotatable bonds is 8. The van der Waals surface area contributed by atoms with Crippen molar-refractivity contribution in [1.29, 1.82) is 0 Å². The van der Waals surface area contributed by atoms with Crippen molar-refractivity contribution in [2.24, 2.45) is 0 Å². The molecule has 9 heteroatoms. The first-order chi connectivity index (χ1) is 15.8. The summed E-state index contributed by atoms with van der Waals surface area (Å²) in [6.07, 6.45) is 3.26. The van der Waals surface area contributed by atoms with Gasteiger partial charge in [0.25, 0.3) is 0 Å². The van der Waals surface area contributed by atoms with Gasteiger partial charge in [-0.2, -0.15) is 4.31 Å². The Bertz CT molecular complexity index is 1110. The molecule has 1 amide bonds. The van der Waals surface area contributed by atoms with Crippen LogP contribution in [0.15, 0.2) is 53.4 Å². The second-order valence-electron chi connectivity index (χ2n) is 7.59. The van der Waals surface area contributed by atoms with Crippen LogP contribution in [0.1, 0.15) is 19.4 Å². The Morgan fingerprint density at radius 3 is 2.36 bits per heavy atom. The highest BCUT2D eigenvalue weighted by atomic mass is 35.5. The maximum Gasteiger partial charge on any atom is 0.246 e. The van der Waals surface area contributed by atoms with Gasteiger partial charge in [0, 0.05) is 50.4 Å². The number of carbonyl (C=O) groups excluding carboxylic acids is 1. The summed E-state index contributed by atoms with van der Waals surface area (Å²) in [5, 5.41) is 0.595. The van der Waals surface area contributed by atoms with Crippen LogP contribution >= 0.6 is 11.6 Å². The number of sulfonamides is 1. The minimum Gasteiger partial charge on any atom is -0.495 e. The number of piperazine rings is 1. The highest BCUT2D eigenvalue weighted by molar-refractivity contribution is 7.89. The van der Waals surface area contributed by atoms with Crippen LogP contribution in [0.3, 0.4) is 0 Å². The van der Waals surface area contributed by atoms with E-state index in [1.54, 1.807) is 42.4 Å². The first-order valence-corrected chi connectivity index (χ1v) is 12.8. The molecule has 0 aliphatic carbocycles. The lowest BCUT2D eigenvalue weighted by molar-refractivity contribution is -0.126. The SMILES string of the molecule is CCN(CC)S(=O)(=O)c1ccc(OC)c(N2CCN(C(=O)/C=C/c3ccccc3Cl)CC2)c1. The van der Waals surface area contributed by atoms with Crippen LogP contribution in [-0.4, -0.2) is 69.9 Å². The number of methoxy groups -OCH3 is 1. The van der Waals surface area contributed by atoms with Crippen LogP contribution in [0.2, 0.25) is 5.02 Å². The molecule has 0 saturated carbocycles. The number of amides is 1. The van der Waals surface area contributed by atoms with Gasteiger partial charge in [-0.3, -0.25) is 4.79 Å². The molecule has 33 heavy (non-hydrogen) atoms. The fourth-order valence-corrected chi connectivity index (χ4v) is 5.51. The van der Waals surface area contributed by atoms with Crippen molar-refractivity contribution < 1.29 is 17.9 Å². The van der Waals surface area contributed by atoms with Gasteiger partial charge in [0.05, 0.1) is 17.7 Å². The fourth-order valence-electron chi connectivity index (χ4n) is 3.83. The molecule has 0 aromatic heterocycles. The van der Waals surface area contributed by atoms with Crippen LogP contribution in [0.4, 0.5) is 5.69 Å². The summed E-state index contributed by atoms with van der Waals surface area (Å²) in [5.41, 5.74) is 1.51. The van der Waals surface area contributed by atoms with E-state index in [1.165, 1.54) is 10.4 Å². The number of ether oxygens (including phenoxy) is 1. The van der Waals surface area contributed by atoms with Gasteiger partial charge in [0.15, 0.2) is 0 Å². The van der Waals surface area contributed by atoms with Crippen LogP contribution in [0, 0.1) is 0 Å². The minimum absolute atomic E-state index is 0.0839. The summed E-state index contributed by atoms with van der Waals surface area (Å²) in [4.78, 5) is 16.7. The zero-order valence-electron chi connectivity index (χ0n) is 19.2. The van der Waals surface area contributed by atoms with Gasteiger partial charge >= 0.3 is 0 Å². The molecule has 1 fully saturated rings. The molecule has 1 aliphatic heterocycles. The van der Waals surface area contributed by atoms with E-state index in [-0.39, 0.29) is 10.8 Å². The number of hydrogen-bond acceptors (Lipinski definition) is 5. The van der Waals surface area contributed by atoms with Crippen LogP contribution in [0.25, 0.3) is 6.08 Å². The van der Waals surface area contributed by atoms with E-state index in [1.807, 2.05) is 32.0 Å². The average molecular weight is 492 g/mol. The molecule has 0 atom stereocenters. The topological polar surface area (TPSA) is 70.2 Å². The van der Waals surface area contributed by atoms with Crippen molar-refractivity contribution >= 4 is 39.3 Å². The van der Waals surface area contributed by atoms with E-state index >= 15 is 0 Å². The van der Waals surface area contributed by atoms with E-state index in [2.05, 4.69) is 4.90 Å². The number of carbonyl (C=O) groups is 1. The molecule has 1 aliphatic rings. The lowest BCUT2D eigenvalue weighted by Crippen LogP contribution is -2.48. The van der Waals surface area contributed by atoms with Crippen molar-refractivity contribution in [3.63, 3.8) is 0 Å². The molecule has 178 valence electrons. The normalized spacial score (nSPS) is 14.8. The minimum atomic E-state index is -3.58. The first-order valence-electron chi connectivity index (χ1n) is 11.0. The summed E-state index contributed by atoms with van der Waals surface area (Å²) in [5.74, 6) is 0.520. The smallest absolute Gasteiger partial charge is 0.246 e. The van der Waals surface area contributed by atoms with Crippen molar-refractivity contribution in [3.8, 4) is 5.75 Å². The maximum absolute atomic E-state index is 13.0. The molecule has 0 spiro atoms. The Kier molecular flexibility index (Phi) is 8.40. The second-order valence-corrected chi connectivity index (χ2v) is 9.94. The van der Waals surface area contributed by atoms with Crippen LogP contribution in [0.5, 0.6) is 5.75 Å². The predicted octanol–water partition coefficient (Wildman–Crippen LogP) is 3.74. The molecule has 1 saturated heterocycles. The Labute approximate surface area is 201 Å². The number of benzene rings is 2. The summed E-state index contributed by atoms with van der Waals surface area (Å²) < 4.78 is 32.9. The lowest BCUT2D eigenvalue weighted by atomic mass is 10.2. The molecule has 0 bridgehead atoms. The number of nitrogens with zero attached hydrogens (tertiary/aromatic N) is 3. The predicted molar refractivity (Wildman–Crippen MR) is 132 cm³/mol. The third-order valence-electron chi connectivity index (χ3n) is 5.74. The van der Waals surface area contributed by atoms with Gasteiger partial charge in [-0.05, 0) is 35.9 Å². The van der Waals surface area contributed by atoms with Crippen LogP contribution in [-0.2, 0) is 14.8 Å². The summed E-state index contributed by atoms with van der Waals surface area (Å²) in [6.45, 7) is 6.62. The van der Waals surface area contributed by atoms with Gasteiger partial charge in [-0.15, -0.1) is 0 Å². The van der Waals surface area contributed by atoms with E-state index in [0.29, 0.717) is 55.7 Å². The lowest BCUT2D eigenvalue weighted by Gasteiger charge is -2.36. The summed E-state index contributed by atoms with van der Waals surface area (Å²) in [6, 6.07) is 12.3. The van der Waals surface area contributed by atoms with Gasteiger partial charge in [-0.25, -0.2) is 8.42 Å². The van der Waals surface area contributed by atoms with Crippen molar-refractivity contribution in [3.05, 3.63) is 59.1 Å². The summed E-state index contributed by atoms with van der Waals surface area (Å²) >= 11 is 6.15. The van der Waals surface area contributed by atoms with Gasteiger partial charge in [-0.1, -0.05) is 43.6 Å². The van der Waals surface area contributed by atoms with Gasteiger partial charge in [0.2, 0.25) is 15.9 Å². The van der Waals surface area contributed by atoms with E-state index in [4.69, 9.17) is 16.3 Å². The third-order valence-corrected chi connectivity index (χ3v) is 8.13. The Balaban J connectivity index is 1.73. The number of anilines is 1. The van der Waals surface area contributed by atoms with Crippen LogP contribution < -0.4 is 9.64 Å². The molecule has 2 aromatic carbocycles. The molecular formula is C24H30ClN3O4S. The van der Waals surface area contributed by atoms with E-state index in [9.17, 15) is 13.2 Å². The summed E-state index contributed by atoms with van der Waals surface area (Å²) in [7, 11) is -2.02. The first kappa shape index (κ1) is 25.1. The molecule has 3 rings (SSSR count). The second kappa shape index (κ2) is 11.0. The molecule has 0 unspecified atom stereocenters. The number of halogens is 1. The Hall–Kier alpha value is -2.55.